The van der Waals surface area contributed by atoms with Crippen LogP contribution in [0.15, 0.2) is 30.3 Å². The van der Waals surface area contributed by atoms with E-state index in [2.05, 4.69) is 5.32 Å². The Labute approximate surface area is 108 Å². The molecule has 1 amide bonds. The van der Waals surface area contributed by atoms with Crippen LogP contribution in [0.25, 0.3) is 0 Å². The summed E-state index contributed by atoms with van der Waals surface area (Å²) in [7, 11) is 0. The quantitative estimate of drug-likeness (QED) is 0.838. The summed E-state index contributed by atoms with van der Waals surface area (Å²) in [6, 6.07) is 9.22. The number of carbonyl (C=O) groups excluding carboxylic acids is 1. The Balaban J connectivity index is 0.00000256. The summed E-state index contributed by atoms with van der Waals surface area (Å²) in [5, 5.41) is 2.70. The normalized spacial score (nSPS) is 10.3. The summed E-state index contributed by atoms with van der Waals surface area (Å²) >= 11 is 0. The molecule has 1 rings (SSSR count). The van der Waals surface area contributed by atoms with Crippen LogP contribution in [-0.2, 0) is 4.79 Å². The largest absolute Gasteiger partial charge is 0.484 e. The number of halogens is 1. The lowest BCUT2D eigenvalue weighted by molar-refractivity contribution is -0.123. The number of para-hydroxylation sites is 1. The van der Waals surface area contributed by atoms with Gasteiger partial charge in [0.2, 0.25) is 0 Å². The van der Waals surface area contributed by atoms with Gasteiger partial charge in [-0.25, -0.2) is 0 Å². The molecule has 0 saturated carbocycles. The van der Waals surface area contributed by atoms with Gasteiger partial charge in [-0.15, -0.1) is 12.4 Å². The zero-order valence-electron chi connectivity index (χ0n) is 10.1. The molecule has 0 spiro atoms. The van der Waals surface area contributed by atoms with Gasteiger partial charge in [0.1, 0.15) is 5.75 Å². The second-order valence-electron chi connectivity index (χ2n) is 4.37. The Morgan fingerprint density at radius 1 is 1.35 bits per heavy atom. The zero-order valence-corrected chi connectivity index (χ0v) is 10.9. The third kappa shape index (κ3) is 7.60. The summed E-state index contributed by atoms with van der Waals surface area (Å²) in [5.74, 6) is 0.520. The van der Waals surface area contributed by atoms with E-state index in [9.17, 15) is 4.79 Å². The van der Waals surface area contributed by atoms with E-state index in [0.29, 0.717) is 12.3 Å². The first-order chi connectivity index (χ1) is 7.47. The van der Waals surface area contributed by atoms with Crippen LogP contribution >= 0.6 is 12.4 Å². The van der Waals surface area contributed by atoms with E-state index >= 15 is 0 Å². The molecular weight excluding hydrogens is 240 g/mol. The van der Waals surface area contributed by atoms with E-state index in [0.717, 1.165) is 0 Å². The van der Waals surface area contributed by atoms with E-state index in [1.807, 2.05) is 32.0 Å². The van der Waals surface area contributed by atoms with E-state index in [4.69, 9.17) is 10.5 Å². The molecule has 0 aromatic heterocycles. The lowest BCUT2D eigenvalue weighted by atomic mass is 10.1. The molecule has 0 bridgehead atoms. The van der Waals surface area contributed by atoms with Crippen molar-refractivity contribution in [2.45, 2.75) is 19.4 Å². The summed E-state index contributed by atoms with van der Waals surface area (Å²) < 4.78 is 5.28. The minimum atomic E-state index is -0.400. The number of benzene rings is 1. The maximum atomic E-state index is 11.4. The smallest absolute Gasteiger partial charge is 0.258 e. The summed E-state index contributed by atoms with van der Waals surface area (Å²) in [6.07, 6.45) is 0. The SMILES string of the molecule is CC(C)(N)CNC(=O)COc1ccccc1.Cl. The molecule has 0 aliphatic heterocycles. The zero-order chi connectivity index (χ0) is 12.0. The first kappa shape index (κ1) is 15.7. The van der Waals surface area contributed by atoms with Crippen LogP contribution in [0.4, 0.5) is 0 Å². The molecule has 5 heteroatoms. The number of nitrogens with one attached hydrogen (secondary N) is 1. The summed E-state index contributed by atoms with van der Waals surface area (Å²) in [5.41, 5.74) is 5.34. The highest BCUT2D eigenvalue weighted by Gasteiger charge is 2.12. The van der Waals surface area contributed by atoms with Crippen molar-refractivity contribution < 1.29 is 9.53 Å². The molecule has 3 N–H and O–H groups in total. The number of carbonyl (C=O) groups is 1. The van der Waals surface area contributed by atoms with Gasteiger partial charge in [-0.1, -0.05) is 18.2 Å². The third-order valence-electron chi connectivity index (χ3n) is 1.85. The van der Waals surface area contributed by atoms with Crippen molar-refractivity contribution in [3.8, 4) is 5.75 Å². The van der Waals surface area contributed by atoms with Crippen molar-refractivity contribution in [3.05, 3.63) is 30.3 Å². The molecule has 0 fully saturated rings. The van der Waals surface area contributed by atoms with Gasteiger partial charge in [0.15, 0.2) is 6.61 Å². The van der Waals surface area contributed by atoms with Crippen molar-refractivity contribution in [1.29, 1.82) is 0 Å². The summed E-state index contributed by atoms with van der Waals surface area (Å²) in [6.45, 7) is 4.15. The molecule has 96 valence electrons. The van der Waals surface area contributed by atoms with Crippen molar-refractivity contribution >= 4 is 18.3 Å². The van der Waals surface area contributed by atoms with E-state index < -0.39 is 5.54 Å². The van der Waals surface area contributed by atoms with Gasteiger partial charge < -0.3 is 15.8 Å². The molecule has 0 unspecified atom stereocenters. The van der Waals surface area contributed by atoms with Crippen LogP contribution < -0.4 is 15.8 Å². The van der Waals surface area contributed by atoms with Crippen LogP contribution in [0.3, 0.4) is 0 Å². The number of hydrogen-bond acceptors (Lipinski definition) is 3. The van der Waals surface area contributed by atoms with Gasteiger partial charge in [0.25, 0.3) is 5.91 Å². The molecule has 0 saturated heterocycles. The maximum absolute atomic E-state index is 11.4. The molecule has 0 aliphatic rings. The van der Waals surface area contributed by atoms with Crippen LogP contribution in [0.1, 0.15) is 13.8 Å². The van der Waals surface area contributed by atoms with Crippen molar-refractivity contribution in [2.24, 2.45) is 5.73 Å². The molecule has 0 radical (unpaired) electrons. The average molecular weight is 259 g/mol. The van der Waals surface area contributed by atoms with Crippen LogP contribution in [0, 0.1) is 0 Å². The lowest BCUT2D eigenvalue weighted by Crippen LogP contribution is -2.46. The second kappa shape index (κ2) is 7.14. The maximum Gasteiger partial charge on any atom is 0.258 e. The fourth-order valence-corrected chi connectivity index (χ4v) is 1.04. The number of hydrogen-bond donors (Lipinski definition) is 2. The minimum Gasteiger partial charge on any atom is -0.484 e. The topological polar surface area (TPSA) is 64.3 Å². The number of nitrogens with two attached hydrogens (primary N) is 1. The van der Waals surface area contributed by atoms with Crippen molar-refractivity contribution in [1.82, 2.24) is 5.32 Å². The van der Waals surface area contributed by atoms with Gasteiger partial charge in [-0.2, -0.15) is 0 Å². The van der Waals surface area contributed by atoms with Gasteiger partial charge >= 0.3 is 0 Å². The molecule has 4 nitrogen and oxygen atoms in total. The fourth-order valence-electron chi connectivity index (χ4n) is 1.04. The van der Waals surface area contributed by atoms with Gasteiger partial charge in [0, 0.05) is 12.1 Å². The minimum absolute atomic E-state index is 0. The van der Waals surface area contributed by atoms with Crippen LogP contribution in [-0.4, -0.2) is 24.6 Å². The fraction of sp³-hybridized carbons (Fsp3) is 0.417. The van der Waals surface area contributed by atoms with Gasteiger partial charge in [-0.3, -0.25) is 4.79 Å². The van der Waals surface area contributed by atoms with Gasteiger partial charge in [-0.05, 0) is 26.0 Å². The number of rotatable bonds is 5. The second-order valence-corrected chi connectivity index (χ2v) is 4.37. The molecule has 0 aliphatic carbocycles. The summed E-state index contributed by atoms with van der Waals surface area (Å²) in [4.78, 5) is 11.4. The first-order valence-electron chi connectivity index (χ1n) is 5.21. The predicted octanol–water partition coefficient (Wildman–Crippen LogP) is 1.34. The third-order valence-corrected chi connectivity index (χ3v) is 1.85. The van der Waals surface area contributed by atoms with Crippen molar-refractivity contribution in [3.63, 3.8) is 0 Å². The molecule has 1 aromatic carbocycles. The number of ether oxygens (including phenoxy) is 1. The highest BCUT2D eigenvalue weighted by atomic mass is 35.5. The van der Waals surface area contributed by atoms with Crippen molar-refractivity contribution in [2.75, 3.05) is 13.2 Å². The number of amides is 1. The predicted molar refractivity (Wildman–Crippen MR) is 70.5 cm³/mol. The average Bonchev–Trinajstić information content (AvgIpc) is 2.24. The monoisotopic (exact) mass is 258 g/mol. The van der Waals surface area contributed by atoms with Crippen LogP contribution in [0.2, 0.25) is 0 Å². The molecule has 17 heavy (non-hydrogen) atoms. The van der Waals surface area contributed by atoms with E-state index in [-0.39, 0.29) is 24.9 Å². The highest BCUT2D eigenvalue weighted by Crippen LogP contribution is 2.07. The van der Waals surface area contributed by atoms with Gasteiger partial charge in [0.05, 0.1) is 0 Å². The first-order valence-corrected chi connectivity index (χ1v) is 5.21. The Bertz CT molecular complexity index is 336. The Hall–Kier alpha value is -1.26. The Kier molecular flexibility index (Phi) is 6.61. The molecule has 0 atom stereocenters. The molecular formula is C12H19ClN2O2. The van der Waals surface area contributed by atoms with Crippen LogP contribution in [0.5, 0.6) is 5.75 Å². The molecule has 0 heterocycles. The standard InChI is InChI=1S/C12H18N2O2.ClH/c1-12(2,13)9-14-11(15)8-16-10-6-4-3-5-7-10;/h3-7H,8-9,13H2,1-2H3,(H,14,15);1H. The van der Waals surface area contributed by atoms with E-state index in [1.165, 1.54) is 0 Å². The molecule has 1 aromatic rings. The lowest BCUT2D eigenvalue weighted by Gasteiger charge is -2.18. The Morgan fingerprint density at radius 2 is 1.94 bits per heavy atom. The van der Waals surface area contributed by atoms with E-state index in [1.54, 1.807) is 12.1 Å². The highest BCUT2D eigenvalue weighted by molar-refractivity contribution is 5.85. The Morgan fingerprint density at radius 3 is 2.47 bits per heavy atom.